The topological polar surface area (TPSA) is 75.7 Å². The molecule has 7 heteroatoms. The Morgan fingerprint density at radius 1 is 1.41 bits per heavy atom. The van der Waals surface area contributed by atoms with Gasteiger partial charge in [-0.25, -0.2) is 13.1 Å². The predicted molar refractivity (Wildman–Crippen MR) is 61.6 cm³/mol. The molecule has 0 aliphatic carbocycles. The van der Waals surface area contributed by atoms with Crippen molar-refractivity contribution in [2.75, 3.05) is 25.6 Å². The third kappa shape index (κ3) is 1.98. The van der Waals surface area contributed by atoms with Crippen LogP contribution in [0.1, 0.15) is 0 Å². The summed E-state index contributed by atoms with van der Waals surface area (Å²) in [5.74, 6) is 0.290. The highest BCUT2D eigenvalue weighted by molar-refractivity contribution is 7.89. The quantitative estimate of drug-likeness (QED) is 0.805. The fourth-order valence-electron chi connectivity index (χ4n) is 1.54. The lowest BCUT2D eigenvalue weighted by Gasteiger charge is -2.26. The van der Waals surface area contributed by atoms with Crippen molar-refractivity contribution in [2.24, 2.45) is 0 Å². The van der Waals surface area contributed by atoms with Gasteiger partial charge >= 0.3 is 0 Å². The van der Waals surface area contributed by atoms with E-state index in [1.807, 2.05) is 0 Å². The van der Waals surface area contributed by atoms with Crippen molar-refractivity contribution >= 4 is 21.6 Å². The Balaban J connectivity index is 2.54. The highest BCUT2D eigenvalue weighted by Crippen LogP contribution is 2.33. The molecule has 0 bridgehead atoms. The number of rotatable bonds is 2. The number of carbonyl (C=O) groups excluding carboxylic acids is 1. The number of nitrogens with zero attached hydrogens (tertiary/aromatic N) is 1. The van der Waals surface area contributed by atoms with Gasteiger partial charge < -0.3 is 9.64 Å². The van der Waals surface area contributed by atoms with Gasteiger partial charge in [-0.1, -0.05) is 0 Å². The van der Waals surface area contributed by atoms with Crippen molar-refractivity contribution in [1.82, 2.24) is 4.72 Å². The number of carbonyl (C=O) groups is 1. The monoisotopic (exact) mass is 256 g/mol. The number of amides is 1. The molecular weight excluding hydrogens is 244 g/mol. The fraction of sp³-hybridized carbons (Fsp3) is 0.300. The molecule has 1 amide bonds. The maximum atomic E-state index is 11.6. The van der Waals surface area contributed by atoms with E-state index in [1.54, 1.807) is 13.1 Å². The molecule has 1 aliphatic heterocycles. The molecule has 6 nitrogen and oxygen atoms in total. The summed E-state index contributed by atoms with van der Waals surface area (Å²) in [7, 11) is -0.600. The summed E-state index contributed by atoms with van der Waals surface area (Å²) in [6.07, 6.45) is 0. The second-order valence-electron chi connectivity index (χ2n) is 3.58. The van der Waals surface area contributed by atoms with E-state index in [2.05, 4.69) is 4.72 Å². The zero-order chi connectivity index (χ0) is 12.6. The summed E-state index contributed by atoms with van der Waals surface area (Å²) >= 11 is 0. The van der Waals surface area contributed by atoms with Crippen LogP contribution in [0.2, 0.25) is 0 Å². The number of anilines is 1. The second kappa shape index (κ2) is 4.01. The molecule has 0 spiro atoms. The average molecular weight is 256 g/mol. The lowest BCUT2D eigenvalue weighted by molar-refractivity contribution is -0.120. The van der Waals surface area contributed by atoms with E-state index in [1.165, 1.54) is 24.1 Å². The summed E-state index contributed by atoms with van der Waals surface area (Å²) in [6.45, 7) is -0.0262. The zero-order valence-corrected chi connectivity index (χ0v) is 10.2. The van der Waals surface area contributed by atoms with Crippen LogP contribution >= 0.6 is 0 Å². The van der Waals surface area contributed by atoms with Crippen molar-refractivity contribution in [1.29, 1.82) is 0 Å². The molecule has 1 heterocycles. The molecule has 1 aliphatic rings. The number of fused-ring (bicyclic) bond motifs is 1. The second-order valence-corrected chi connectivity index (χ2v) is 5.47. The first-order valence-corrected chi connectivity index (χ1v) is 6.41. The van der Waals surface area contributed by atoms with Crippen LogP contribution in [0, 0.1) is 0 Å². The van der Waals surface area contributed by atoms with Crippen molar-refractivity contribution in [2.45, 2.75) is 4.90 Å². The Morgan fingerprint density at radius 2 is 2.12 bits per heavy atom. The Labute approximate surface area is 99.2 Å². The Morgan fingerprint density at radius 3 is 2.76 bits per heavy atom. The van der Waals surface area contributed by atoms with E-state index < -0.39 is 10.0 Å². The molecule has 1 N–H and O–H groups in total. The van der Waals surface area contributed by atoms with Gasteiger partial charge in [0.05, 0.1) is 10.6 Å². The number of likely N-dealkylation sites (N-methyl/N-ethyl adjacent to an activating group) is 1. The third-order valence-electron chi connectivity index (χ3n) is 2.60. The van der Waals surface area contributed by atoms with Gasteiger partial charge in [-0.3, -0.25) is 4.79 Å². The van der Waals surface area contributed by atoms with E-state index in [0.717, 1.165) is 0 Å². The first-order valence-electron chi connectivity index (χ1n) is 4.92. The molecule has 0 aromatic heterocycles. The highest BCUT2D eigenvalue weighted by atomic mass is 32.2. The molecule has 2 rings (SSSR count). The smallest absolute Gasteiger partial charge is 0.264 e. The number of nitrogens with one attached hydrogen (secondary N) is 1. The Bertz CT molecular complexity index is 568. The van der Waals surface area contributed by atoms with Gasteiger partial charge in [0.15, 0.2) is 6.61 Å². The van der Waals surface area contributed by atoms with Crippen LogP contribution in [-0.2, 0) is 14.8 Å². The van der Waals surface area contributed by atoms with Crippen molar-refractivity contribution in [3.63, 3.8) is 0 Å². The summed E-state index contributed by atoms with van der Waals surface area (Å²) in [4.78, 5) is 12.9. The van der Waals surface area contributed by atoms with Gasteiger partial charge in [-0.05, 0) is 25.2 Å². The fourth-order valence-corrected chi connectivity index (χ4v) is 2.29. The molecule has 0 fully saturated rings. The normalized spacial score (nSPS) is 15.4. The van der Waals surface area contributed by atoms with Gasteiger partial charge in [0.2, 0.25) is 10.0 Å². The van der Waals surface area contributed by atoms with E-state index in [-0.39, 0.29) is 17.4 Å². The van der Waals surface area contributed by atoms with Crippen LogP contribution in [0.15, 0.2) is 23.1 Å². The van der Waals surface area contributed by atoms with Crippen molar-refractivity contribution < 1.29 is 17.9 Å². The van der Waals surface area contributed by atoms with Crippen LogP contribution < -0.4 is 14.4 Å². The van der Waals surface area contributed by atoms with Crippen LogP contribution in [0.5, 0.6) is 5.75 Å². The standard InChI is InChI=1S/C10H12N2O4S/c1-11-17(14,15)7-3-4-9-8(5-7)12(2)10(13)6-16-9/h3-5,11H,6H2,1-2H3. The van der Waals surface area contributed by atoms with Crippen molar-refractivity contribution in [3.05, 3.63) is 18.2 Å². The Kier molecular flexibility index (Phi) is 2.80. The minimum Gasteiger partial charge on any atom is -0.482 e. The summed E-state index contributed by atoms with van der Waals surface area (Å²) in [6, 6.07) is 4.40. The summed E-state index contributed by atoms with van der Waals surface area (Å²) in [5, 5.41) is 0. The lowest BCUT2D eigenvalue weighted by atomic mass is 10.2. The van der Waals surface area contributed by atoms with Gasteiger partial charge in [0, 0.05) is 7.05 Å². The van der Waals surface area contributed by atoms with Gasteiger partial charge in [-0.2, -0.15) is 0 Å². The van der Waals surface area contributed by atoms with E-state index >= 15 is 0 Å². The highest BCUT2D eigenvalue weighted by Gasteiger charge is 2.24. The maximum Gasteiger partial charge on any atom is 0.264 e. The molecular formula is C10H12N2O4S. The molecule has 0 unspecified atom stereocenters. The van der Waals surface area contributed by atoms with E-state index in [9.17, 15) is 13.2 Å². The number of sulfonamides is 1. The number of benzene rings is 1. The molecule has 92 valence electrons. The summed E-state index contributed by atoms with van der Waals surface area (Å²) in [5.41, 5.74) is 0.456. The maximum absolute atomic E-state index is 11.6. The minimum atomic E-state index is -3.52. The van der Waals surface area contributed by atoms with Gasteiger partial charge in [-0.15, -0.1) is 0 Å². The average Bonchev–Trinajstić information content (AvgIpc) is 2.33. The molecule has 17 heavy (non-hydrogen) atoms. The van der Waals surface area contributed by atoms with E-state index in [4.69, 9.17) is 4.74 Å². The number of hydrogen-bond donors (Lipinski definition) is 1. The molecule has 0 atom stereocenters. The van der Waals surface area contributed by atoms with Crippen LogP contribution in [-0.4, -0.2) is 35.0 Å². The Hall–Kier alpha value is -1.60. The van der Waals surface area contributed by atoms with E-state index in [0.29, 0.717) is 11.4 Å². The molecule has 0 saturated heterocycles. The van der Waals surface area contributed by atoms with Crippen LogP contribution in [0.25, 0.3) is 0 Å². The van der Waals surface area contributed by atoms with Crippen molar-refractivity contribution in [3.8, 4) is 5.75 Å². The molecule has 1 aromatic rings. The lowest BCUT2D eigenvalue weighted by Crippen LogP contribution is -2.35. The minimum absolute atomic E-state index is 0.0262. The van der Waals surface area contributed by atoms with Gasteiger partial charge in [0.1, 0.15) is 5.75 Å². The number of ether oxygens (including phenoxy) is 1. The first-order chi connectivity index (χ1) is 7.95. The number of hydrogen-bond acceptors (Lipinski definition) is 4. The third-order valence-corrected chi connectivity index (χ3v) is 4.01. The molecule has 1 aromatic carbocycles. The first kappa shape index (κ1) is 11.9. The molecule has 0 radical (unpaired) electrons. The van der Waals surface area contributed by atoms with Crippen LogP contribution in [0.4, 0.5) is 5.69 Å². The predicted octanol–water partition coefficient (Wildman–Crippen LogP) is -0.0501. The zero-order valence-electron chi connectivity index (χ0n) is 9.43. The summed E-state index contributed by atoms with van der Waals surface area (Å²) < 4.78 is 30.7. The SMILES string of the molecule is CNS(=O)(=O)c1ccc2c(c1)N(C)C(=O)CO2. The van der Waals surface area contributed by atoms with Crippen LogP contribution in [0.3, 0.4) is 0 Å². The van der Waals surface area contributed by atoms with Gasteiger partial charge in [0.25, 0.3) is 5.91 Å². The largest absolute Gasteiger partial charge is 0.482 e. The molecule has 0 saturated carbocycles.